The van der Waals surface area contributed by atoms with Gasteiger partial charge in [0.25, 0.3) is 11.8 Å². The van der Waals surface area contributed by atoms with E-state index in [0.29, 0.717) is 38.0 Å². The molecule has 2 aliphatic heterocycles. The zero-order valence-electron chi connectivity index (χ0n) is 32.7. The lowest BCUT2D eigenvalue weighted by Crippen LogP contribution is -2.57. The zero-order chi connectivity index (χ0) is 38.7. The normalized spacial score (nSPS) is 23.7. The van der Waals surface area contributed by atoms with Crippen molar-refractivity contribution in [3.05, 3.63) is 48.0 Å². The number of carbonyl (C=O) groups excluding carboxylic acids is 6. The van der Waals surface area contributed by atoms with E-state index in [-0.39, 0.29) is 65.3 Å². The minimum Gasteiger partial charge on any atom is -0.351 e. The predicted octanol–water partition coefficient (Wildman–Crippen LogP) is 4.79. The van der Waals surface area contributed by atoms with Crippen molar-refractivity contribution in [1.82, 2.24) is 25.8 Å². The number of unbranched alkanes of at least 4 members (excludes halogenated alkanes) is 1. The molecule has 1 aromatic rings. The third-order valence-corrected chi connectivity index (χ3v) is 12.5. The summed E-state index contributed by atoms with van der Waals surface area (Å²) in [6.45, 7) is 17.3. The number of ketones is 1. The first-order valence-electron chi connectivity index (χ1n) is 19.8. The monoisotopic (exact) mass is 731 g/mol. The molecule has 1 saturated heterocycles. The van der Waals surface area contributed by atoms with Crippen LogP contribution in [0.4, 0.5) is 0 Å². The number of rotatable bonds is 16. The van der Waals surface area contributed by atoms with Crippen molar-refractivity contribution in [3.8, 4) is 0 Å². The highest BCUT2D eigenvalue weighted by Gasteiger charge is 2.69. The molecular formula is C42H61N5O6. The average molecular weight is 732 g/mol. The van der Waals surface area contributed by atoms with Gasteiger partial charge >= 0.3 is 0 Å². The quantitative estimate of drug-likeness (QED) is 0.165. The lowest BCUT2D eigenvalue weighted by Gasteiger charge is -2.38. The Bertz CT molecular complexity index is 1580. The molecule has 4 aliphatic rings. The molecule has 1 unspecified atom stereocenters. The van der Waals surface area contributed by atoms with Gasteiger partial charge in [0.15, 0.2) is 0 Å². The molecule has 5 amide bonds. The van der Waals surface area contributed by atoms with Crippen LogP contribution in [0.15, 0.2) is 36.9 Å². The molecule has 0 bridgehead atoms. The highest BCUT2D eigenvalue weighted by atomic mass is 16.2. The summed E-state index contributed by atoms with van der Waals surface area (Å²) in [5.41, 5.74) is 1.14. The summed E-state index contributed by atoms with van der Waals surface area (Å²) < 4.78 is 0. The van der Waals surface area contributed by atoms with E-state index in [1.54, 1.807) is 9.80 Å². The Morgan fingerprint density at radius 1 is 1.04 bits per heavy atom. The molecule has 2 saturated carbocycles. The van der Waals surface area contributed by atoms with Crippen LogP contribution in [0, 0.1) is 34.5 Å². The fourth-order valence-electron chi connectivity index (χ4n) is 9.03. The number of amides is 5. The Morgan fingerprint density at radius 2 is 1.74 bits per heavy atom. The number of Topliss-reactive ketones (excluding diaryl/α,β-unsaturated/α-hetero) is 1. The van der Waals surface area contributed by atoms with Crippen LogP contribution in [0.25, 0.3) is 0 Å². The van der Waals surface area contributed by atoms with Crippen molar-refractivity contribution in [2.75, 3.05) is 19.6 Å². The maximum absolute atomic E-state index is 14.8. The van der Waals surface area contributed by atoms with E-state index in [0.717, 1.165) is 44.1 Å². The van der Waals surface area contributed by atoms with Gasteiger partial charge < -0.3 is 25.8 Å². The third-order valence-electron chi connectivity index (χ3n) is 12.5. The van der Waals surface area contributed by atoms with Crippen LogP contribution in [-0.4, -0.2) is 82.9 Å². The number of piperidine rings is 1. The number of benzene rings is 1. The van der Waals surface area contributed by atoms with E-state index in [4.69, 9.17) is 0 Å². The number of hydrogen-bond donors (Lipinski definition) is 3. The summed E-state index contributed by atoms with van der Waals surface area (Å²) in [5.74, 6) is -2.93. The van der Waals surface area contributed by atoms with Crippen LogP contribution in [0.3, 0.4) is 0 Å². The van der Waals surface area contributed by atoms with E-state index in [1.165, 1.54) is 6.08 Å². The number of carbonyl (C=O) groups is 6. The lowest BCUT2D eigenvalue weighted by molar-refractivity contribution is -0.148. The van der Waals surface area contributed by atoms with Crippen molar-refractivity contribution in [3.63, 3.8) is 0 Å². The van der Waals surface area contributed by atoms with E-state index in [1.807, 2.05) is 52.0 Å². The van der Waals surface area contributed by atoms with Crippen molar-refractivity contribution < 1.29 is 28.8 Å². The van der Waals surface area contributed by atoms with Crippen LogP contribution >= 0.6 is 0 Å². The molecular weight excluding hydrogens is 670 g/mol. The van der Waals surface area contributed by atoms with Gasteiger partial charge in [-0.3, -0.25) is 28.8 Å². The summed E-state index contributed by atoms with van der Waals surface area (Å²) in [6.07, 6.45) is 7.94. The molecule has 2 heterocycles. The zero-order valence-corrected chi connectivity index (χ0v) is 32.7. The Balaban J connectivity index is 1.34. The molecule has 0 radical (unpaired) electrons. The molecule has 6 atom stereocenters. The van der Waals surface area contributed by atoms with E-state index in [9.17, 15) is 28.8 Å². The number of nitrogens with one attached hydrogen (secondary N) is 3. The second-order valence-corrected chi connectivity index (χ2v) is 17.5. The highest BCUT2D eigenvalue weighted by Crippen LogP contribution is 2.65. The van der Waals surface area contributed by atoms with E-state index >= 15 is 0 Å². The van der Waals surface area contributed by atoms with Gasteiger partial charge in [0.05, 0.1) is 12.1 Å². The second kappa shape index (κ2) is 16.6. The maximum Gasteiger partial charge on any atom is 0.289 e. The van der Waals surface area contributed by atoms with Gasteiger partial charge in [-0.2, -0.15) is 0 Å². The maximum atomic E-state index is 14.8. The van der Waals surface area contributed by atoms with Crippen LogP contribution in [0.5, 0.6) is 0 Å². The fourth-order valence-corrected chi connectivity index (χ4v) is 9.03. The van der Waals surface area contributed by atoms with Gasteiger partial charge in [-0.05, 0) is 59.5 Å². The molecule has 0 spiro atoms. The Kier molecular flexibility index (Phi) is 12.5. The lowest BCUT2D eigenvalue weighted by atomic mass is 9.77. The van der Waals surface area contributed by atoms with Crippen molar-refractivity contribution >= 4 is 35.3 Å². The molecule has 11 heteroatoms. The van der Waals surface area contributed by atoms with Crippen LogP contribution in [0.1, 0.15) is 115 Å². The fraction of sp³-hybridized carbons (Fsp3) is 0.667. The smallest absolute Gasteiger partial charge is 0.289 e. The van der Waals surface area contributed by atoms with Gasteiger partial charge in [-0.25, -0.2) is 0 Å². The number of likely N-dealkylation sites (tertiary alicyclic amines) is 1. The second-order valence-electron chi connectivity index (χ2n) is 17.5. The molecule has 3 N–H and O–H groups in total. The van der Waals surface area contributed by atoms with E-state index < -0.39 is 35.6 Å². The Hall–Kier alpha value is -4.02. The van der Waals surface area contributed by atoms with Gasteiger partial charge in [-0.1, -0.05) is 97.9 Å². The first kappa shape index (κ1) is 40.2. The summed E-state index contributed by atoms with van der Waals surface area (Å²) in [7, 11) is 0. The van der Waals surface area contributed by atoms with Crippen molar-refractivity contribution in [2.24, 2.45) is 34.5 Å². The summed E-state index contributed by atoms with van der Waals surface area (Å²) in [4.78, 5) is 85.6. The van der Waals surface area contributed by atoms with Crippen LogP contribution in [-0.2, 0) is 30.5 Å². The molecule has 2 aliphatic carbocycles. The standard InChI is InChI=1S/C42H61N5O6/c1-8-10-20-31(36(49)38(51)43-21-9-2)44-37(50)35-34-30(42(34,6)7)24-47(35)40(53)29(26-16-12-11-13-17-26)22-33(48)45-32(41(3,4)5)25-46-23-27-18-14-15-19-28(27)39(46)52/h9,14-15,18-19,26,29-32,34-35H,2,8,10-13,16-17,20-25H2,1,3-7H3,(H,43,51)(H,44,50)(H,45,48)/t29-,30-,31?,32+,34-,35-/m0/s1. The molecule has 0 aromatic heterocycles. The molecule has 11 nitrogen and oxygen atoms in total. The summed E-state index contributed by atoms with van der Waals surface area (Å²) in [5, 5.41) is 8.65. The molecule has 3 fully saturated rings. The molecule has 53 heavy (non-hydrogen) atoms. The summed E-state index contributed by atoms with van der Waals surface area (Å²) >= 11 is 0. The van der Waals surface area contributed by atoms with Gasteiger partial charge in [0, 0.05) is 44.1 Å². The van der Waals surface area contributed by atoms with Gasteiger partial charge in [0.1, 0.15) is 6.04 Å². The average Bonchev–Trinajstić information content (AvgIpc) is 3.40. The third kappa shape index (κ3) is 8.86. The topological polar surface area (TPSA) is 145 Å². The van der Waals surface area contributed by atoms with Crippen molar-refractivity contribution in [2.45, 2.75) is 124 Å². The molecule has 1 aromatic carbocycles. The summed E-state index contributed by atoms with van der Waals surface area (Å²) in [6, 6.07) is 5.43. The van der Waals surface area contributed by atoms with Gasteiger partial charge in [-0.15, -0.1) is 6.58 Å². The number of nitrogens with zero attached hydrogens (tertiary/aromatic N) is 2. The van der Waals surface area contributed by atoms with Crippen molar-refractivity contribution in [1.29, 1.82) is 0 Å². The highest BCUT2D eigenvalue weighted by molar-refractivity contribution is 6.38. The van der Waals surface area contributed by atoms with Crippen LogP contribution in [0.2, 0.25) is 0 Å². The van der Waals surface area contributed by atoms with E-state index in [2.05, 4.69) is 36.4 Å². The SMILES string of the molecule is C=CCNC(=O)C(=O)C(CCCC)NC(=O)[C@@H]1[C@@H]2[C@H](CN1C(=O)[C@@H](CC(=O)N[C@H](CN1Cc3ccccc3C1=O)C(C)(C)C)C1CCCCC1)C2(C)C. The molecule has 290 valence electrons. The minimum absolute atomic E-state index is 0.00506. The first-order chi connectivity index (χ1) is 25.1. The largest absolute Gasteiger partial charge is 0.351 e. The van der Waals surface area contributed by atoms with Crippen LogP contribution < -0.4 is 16.0 Å². The van der Waals surface area contributed by atoms with Gasteiger partial charge in [0.2, 0.25) is 23.5 Å². The Morgan fingerprint density at radius 3 is 2.38 bits per heavy atom. The number of fused-ring (bicyclic) bond motifs is 2. The Labute approximate surface area is 315 Å². The minimum atomic E-state index is -1.00. The molecule has 5 rings (SSSR count). The number of hydrogen-bond acceptors (Lipinski definition) is 6. The first-order valence-corrected chi connectivity index (χ1v) is 19.8. The predicted molar refractivity (Wildman–Crippen MR) is 203 cm³/mol.